The molecule has 1 aliphatic heterocycles. The van der Waals surface area contributed by atoms with Crippen molar-refractivity contribution in [1.29, 1.82) is 0 Å². The van der Waals surface area contributed by atoms with Gasteiger partial charge < -0.3 is 10.0 Å². The number of hydrogen-bond acceptors (Lipinski definition) is 2. The van der Waals surface area contributed by atoms with Crippen molar-refractivity contribution in [3.8, 4) is 0 Å². The zero-order chi connectivity index (χ0) is 13.0. The highest BCUT2D eigenvalue weighted by molar-refractivity contribution is 5.94. The number of benzene rings is 1. The largest absolute Gasteiger partial charge is 0.394 e. The molecule has 1 aromatic rings. The topological polar surface area (TPSA) is 40.5 Å². The van der Waals surface area contributed by atoms with E-state index in [0.717, 1.165) is 43.4 Å². The number of aryl methyl sites for hydroxylation is 1. The SMILES string of the molecule is Cc1ccc(C(=O)N2CCCCCC2CO)cc1. The summed E-state index contributed by atoms with van der Waals surface area (Å²) in [5, 5.41) is 9.43. The van der Waals surface area contributed by atoms with Crippen molar-refractivity contribution in [2.45, 2.75) is 38.6 Å². The summed E-state index contributed by atoms with van der Waals surface area (Å²) in [4.78, 5) is 14.3. The van der Waals surface area contributed by atoms with Gasteiger partial charge in [-0.15, -0.1) is 0 Å². The molecule has 1 amide bonds. The molecule has 0 bridgehead atoms. The molecular weight excluding hydrogens is 226 g/mol. The molecule has 1 N–H and O–H groups in total. The first-order valence-corrected chi connectivity index (χ1v) is 6.71. The number of hydrogen-bond donors (Lipinski definition) is 1. The summed E-state index contributed by atoms with van der Waals surface area (Å²) in [7, 11) is 0. The third-order valence-corrected chi connectivity index (χ3v) is 3.65. The van der Waals surface area contributed by atoms with Gasteiger partial charge in [0.2, 0.25) is 0 Å². The van der Waals surface area contributed by atoms with Crippen molar-refractivity contribution in [2.24, 2.45) is 0 Å². The van der Waals surface area contributed by atoms with E-state index in [1.54, 1.807) is 0 Å². The minimum absolute atomic E-state index is 0.0127. The molecule has 98 valence electrons. The van der Waals surface area contributed by atoms with Crippen LogP contribution in [0, 0.1) is 6.92 Å². The Morgan fingerprint density at radius 2 is 2.00 bits per heavy atom. The first kappa shape index (κ1) is 13.1. The lowest BCUT2D eigenvalue weighted by Crippen LogP contribution is -2.42. The van der Waals surface area contributed by atoms with Crippen LogP contribution in [-0.4, -0.2) is 35.1 Å². The first-order valence-electron chi connectivity index (χ1n) is 6.71. The van der Waals surface area contributed by atoms with Gasteiger partial charge in [0.15, 0.2) is 0 Å². The highest BCUT2D eigenvalue weighted by Crippen LogP contribution is 2.19. The first-order chi connectivity index (χ1) is 8.72. The lowest BCUT2D eigenvalue weighted by atomic mass is 10.1. The van der Waals surface area contributed by atoms with E-state index >= 15 is 0 Å². The predicted molar refractivity (Wildman–Crippen MR) is 71.6 cm³/mol. The number of carbonyl (C=O) groups is 1. The fourth-order valence-electron chi connectivity index (χ4n) is 2.50. The molecule has 1 aliphatic rings. The van der Waals surface area contributed by atoms with Crippen LogP contribution < -0.4 is 0 Å². The van der Waals surface area contributed by atoms with Gasteiger partial charge in [-0.1, -0.05) is 30.5 Å². The quantitative estimate of drug-likeness (QED) is 0.871. The highest BCUT2D eigenvalue weighted by atomic mass is 16.3. The van der Waals surface area contributed by atoms with Crippen molar-refractivity contribution in [3.63, 3.8) is 0 Å². The number of carbonyl (C=O) groups excluding carboxylic acids is 1. The Labute approximate surface area is 108 Å². The van der Waals surface area contributed by atoms with Gasteiger partial charge in [0, 0.05) is 12.1 Å². The van der Waals surface area contributed by atoms with Crippen molar-refractivity contribution < 1.29 is 9.90 Å². The second-order valence-corrected chi connectivity index (χ2v) is 5.05. The van der Waals surface area contributed by atoms with Gasteiger partial charge in [0.1, 0.15) is 0 Å². The third kappa shape index (κ3) is 2.91. The summed E-state index contributed by atoms with van der Waals surface area (Å²) in [6.07, 6.45) is 4.19. The Morgan fingerprint density at radius 1 is 1.28 bits per heavy atom. The van der Waals surface area contributed by atoms with E-state index in [0.29, 0.717) is 0 Å². The van der Waals surface area contributed by atoms with Crippen LogP contribution in [0.1, 0.15) is 41.6 Å². The normalized spacial score (nSPS) is 20.6. The molecule has 0 spiro atoms. The van der Waals surface area contributed by atoms with Gasteiger partial charge in [0.25, 0.3) is 5.91 Å². The van der Waals surface area contributed by atoms with E-state index < -0.39 is 0 Å². The van der Waals surface area contributed by atoms with Crippen molar-refractivity contribution in [1.82, 2.24) is 4.90 Å². The number of aliphatic hydroxyl groups is 1. The van der Waals surface area contributed by atoms with Crippen molar-refractivity contribution >= 4 is 5.91 Å². The van der Waals surface area contributed by atoms with Gasteiger partial charge in [-0.05, 0) is 31.9 Å². The van der Waals surface area contributed by atoms with Gasteiger partial charge >= 0.3 is 0 Å². The second kappa shape index (κ2) is 6.01. The van der Waals surface area contributed by atoms with Crippen LogP contribution in [0.4, 0.5) is 0 Å². The smallest absolute Gasteiger partial charge is 0.254 e. The molecule has 0 radical (unpaired) electrons. The maximum atomic E-state index is 12.4. The van der Waals surface area contributed by atoms with E-state index in [1.165, 1.54) is 0 Å². The standard InChI is InChI=1S/C15H21NO2/c1-12-6-8-13(9-7-12)15(18)16-10-4-2-3-5-14(16)11-17/h6-9,14,17H,2-5,10-11H2,1H3. The molecule has 0 aliphatic carbocycles. The molecule has 2 rings (SSSR count). The van der Waals surface area contributed by atoms with Gasteiger partial charge in [-0.2, -0.15) is 0 Å². The summed E-state index contributed by atoms with van der Waals surface area (Å²) in [5.74, 6) is 0.0518. The van der Waals surface area contributed by atoms with Crippen LogP contribution in [0.2, 0.25) is 0 Å². The van der Waals surface area contributed by atoms with Crippen molar-refractivity contribution in [3.05, 3.63) is 35.4 Å². The summed E-state index contributed by atoms with van der Waals surface area (Å²) < 4.78 is 0. The van der Waals surface area contributed by atoms with E-state index in [-0.39, 0.29) is 18.6 Å². The molecular formula is C15H21NO2. The highest BCUT2D eigenvalue weighted by Gasteiger charge is 2.25. The Bertz CT molecular complexity index is 399. The average Bonchev–Trinajstić information content (AvgIpc) is 2.63. The van der Waals surface area contributed by atoms with Crippen LogP contribution >= 0.6 is 0 Å². The Balaban J connectivity index is 2.17. The van der Waals surface area contributed by atoms with Gasteiger partial charge in [-0.3, -0.25) is 4.79 Å². The molecule has 0 aromatic heterocycles. The fourth-order valence-corrected chi connectivity index (χ4v) is 2.50. The van der Waals surface area contributed by atoms with Crippen LogP contribution in [0.5, 0.6) is 0 Å². The average molecular weight is 247 g/mol. The van der Waals surface area contributed by atoms with Crippen LogP contribution in [0.3, 0.4) is 0 Å². The zero-order valence-electron chi connectivity index (χ0n) is 10.9. The second-order valence-electron chi connectivity index (χ2n) is 5.05. The minimum Gasteiger partial charge on any atom is -0.394 e. The Hall–Kier alpha value is -1.35. The molecule has 3 nitrogen and oxygen atoms in total. The number of aliphatic hydroxyl groups excluding tert-OH is 1. The van der Waals surface area contributed by atoms with E-state index in [2.05, 4.69) is 0 Å². The zero-order valence-corrected chi connectivity index (χ0v) is 10.9. The van der Waals surface area contributed by atoms with E-state index in [1.807, 2.05) is 36.1 Å². The van der Waals surface area contributed by atoms with Crippen molar-refractivity contribution in [2.75, 3.05) is 13.2 Å². The maximum Gasteiger partial charge on any atom is 0.254 e. The predicted octanol–water partition coefficient (Wildman–Crippen LogP) is 2.37. The summed E-state index contributed by atoms with van der Waals surface area (Å²) in [6.45, 7) is 2.84. The molecule has 1 atom stereocenters. The van der Waals surface area contributed by atoms with Crippen LogP contribution in [0.15, 0.2) is 24.3 Å². The fraction of sp³-hybridized carbons (Fsp3) is 0.533. The lowest BCUT2D eigenvalue weighted by Gasteiger charge is -2.28. The monoisotopic (exact) mass is 247 g/mol. The van der Waals surface area contributed by atoms with Gasteiger partial charge in [0.05, 0.1) is 12.6 Å². The molecule has 1 aromatic carbocycles. The Kier molecular flexibility index (Phi) is 4.37. The molecule has 1 fully saturated rings. The Morgan fingerprint density at radius 3 is 2.67 bits per heavy atom. The van der Waals surface area contributed by atoms with E-state index in [4.69, 9.17) is 0 Å². The number of rotatable bonds is 2. The summed E-state index contributed by atoms with van der Waals surface area (Å²) >= 11 is 0. The summed E-state index contributed by atoms with van der Waals surface area (Å²) in [5.41, 5.74) is 1.88. The molecule has 0 saturated carbocycles. The maximum absolute atomic E-state index is 12.4. The number of likely N-dealkylation sites (tertiary alicyclic amines) is 1. The minimum atomic E-state index is -0.0127. The summed E-state index contributed by atoms with van der Waals surface area (Å²) in [6, 6.07) is 7.65. The molecule has 18 heavy (non-hydrogen) atoms. The molecule has 1 unspecified atom stereocenters. The van der Waals surface area contributed by atoms with Gasteiger partial charge in [-0.25, -0.2) is 0 Å². The molecule has 1 heterocycles. The number of amides is 1. The lowest BCUT2D eigenvalue weighted by molar-refractivity contribution is 0.0600. The molecule has 1 saturated heterocycles. The number of nitrogens with zero attached hydrogens (tertiary/aromatic N) is 1. The molecule has 3 heteroatoms. The van der Waals surface area contributed by atoms with E-state index in [9.17, 15) is 9.90 Å². The van der Waals surface area contributed by atoms with Crippen LogP contribution in [-0.2, 0) is 0 Å². The van der Waals surface area contributed by atoms with Crippen LogP contribution in [0.25, 0.3) is 0 Å². The third-order valence-electron chi connectivity index (χ3n) is 3.65.